The minimum Gasteiger partial charge on any atom is -0.437 e. The number of aromatic nitrogens is 2. The van der Waals surface area contributed by atoms with Crippen LogP contribution in [0.1, 0.15) is 16.7 Å². The fourth-order valence-electron chi connectivity index (χ4n) is 3.10. The lowest BCUT2D eigenvalue weighted by Crippen LogP contribution is -2.03. The van der Waals surface area contributed by atoms with Gasteiger partial charge in [-0.15, -0.1) is 11.3 Å². The predicted molar refractivity (Wildman–Crippen MR) is 119 cm³/mol. The highest BCUT2D eigenvalue weighted by Crippen LogP contribution is 2.36. The molecule has 2 heterocycles. The van der Waals surface area contributed by atoms with Crippen molar-refractivity contribution in [2.45, 2.75) is 13.8 Å². The summed E-state index contributed by atoms with van der Waals surface area (Å²) in [4.78, 5) is 8.90. The smallest absolute Gasteiger partial charge is 0.437 e. The predicted octanol–water partition coefficient (Wildman–Crippen LogP) is 5.31. The number of nitrogens with one attached hydrogen (secondary N) is 1. The Hall–Kier alpha value is -3.75. The average Bonchev–Trinajstić information content (AvgIpc) is 3.18. The van der Waals surface area contributed by atoms with Crippen molar-refractivity contribution in [3.63, 3.8) is 0 Å². The normalized spacial score (nSPS) is 11.2. The molecule has 0 aliphatic rings. The van der Waals surface area contributed by atoms with E-state index in [1.165, 1.54) is 29.5 Å². The van der Waals surface area contributed by atoms with E-state index in [0.29, 0.717) is 28.4 Å². The van der Waals surface area contributed by atoms with Gasteiger partial charge in [0.2, 0.25) is 11.8 Å². The van der Waals surface area contributed by atoms with Crippen LogP contribution in [0.2, 0.25) is 0 Å². The number of thiophene rings is 1. The van der Waals surface area contributed by atoms with E-state index in [1.807, 2.05) is 25.3 Å². The number of ether oxygens (including phenoxy) is 1. The summed E-state index contributed by atoms with van der Waals surface area (Å²) in [5.74, 6) is 0.901. The number of halogens is 1. The molecule has 0 amide bonds. The summed E-state index contributed by atoms with van der Waals surface area (Å²) in [6.45, 7) is 3.69. The van der Waals surface area contributed by atoms with E-state index in [4.69, 9.17) is 10.00 Å². The van der Waals surface area contributed by atoms with E-state index >= 15 is 0 Å². The SMILES string of the molecule is Cc1cc(C#N)cc(C)c1Oc1nc(Nc2cccc(OS(=O)(=O)F)c2)nc2ccsc12. The number of hydrogen-bond donors (Lipinski definition) is 1. The third-order valence-electron chi connectivity index (χ3n) is 4.35. The maximum Gasteiger partial charge on any atom is 0.488 e. The molecular formula is C21H15FN4O4S2. The summed E-state index contributed by atoms with van der Waals surface area (Å²) in [6, 6.07) is 13.1. The monoisotopic (exact) mass is 470 g/mol. The molecule has 1 N–H and O–H groups in total. The maximum absolute atomic E-state index is 12.8. The molecule has 32 heavy (non-hydrogen) atoms. The van der Waals surface area contributed by atoms with Crippen LogP contribution in [0.15, 0.2) is 47.8 Å². The molecule has 0 aliphatic carbocycles. The largest absolute Gasteiger partial charge is 0.488 e. The Morgan fingerprint density at radius 2 is 1.88 bits per heavy atom. The zero-order chi connectivity index (χ0) is 22.9. The minimum absolute atomic E-state index is 0.190. The molecule has 11 heteroatoms. The number of anilines is 2. The number of benzene rings is 2. The van der Waals surface area contributed by atoms with Crippen LogP contribution in [0.3, 0.4) is 0 Å². The van der Waals surface area contributed by atoms with Crippen molar-refractivity contribution in [3.05, 3.63) is 64.5 Å². The maximum atomic E-state index is 12.8. The van der Waals surface area contributed by atoms with Crippen LogP contribution >= 0.6 is 11.3 Å². The summed E-state index contributed by atoms with van der Waals surface area (Å²) in [5.41, 5.74) is 3.15. The quantitative estimate of drug-likeness (QED) is 0.377. The standard InChI is InChI=1S/C21H15FN4O4S2/c1-12-8-14(11-23)9-13(2)18(12)29-20-19-17(6-7-31-19)25-21(26-20)24-15-4-3-5-16(10-15)30-32(22,27)28/h3-10H,1-2H3,(H,24,25,26). The number of aryl methyl sites for hydroxylation is 2. The van der Waals surface area contributed by atoms with Crippen molar-refractivity contribution in [1.29, 1.82) is 5.26 Å². The summed E-state index contributed by atoms with van der Waals surface area (Å²) in [6.07, 6.45) is 0. The minimum atomic E-state index is -5.14. The van der Waals surface area contributed by atoms with E-state index < -0.39 is 10.5 Å². The fourth-order valence-corrected chi connectivity index (χ4v) is 4.19. The molecule has 0 unspecified atom stereocenters. The lowest BCUT2D eigenvalue weighted by molar-refractivity contribution is 0.440. The number of fused-ring (bicyclic) bond motifs is 1. The van der Waals surface area contributed by atoms with Gasteiger partial charge in [-0.2, -0.15) is 18.7 Å². The van der Waals surface area contributed by atoms with Crippen molar-refractivity contribution < 1.29 is 21.2 Å². The molecular weight excluding hydrogens is 455 g/mol. The van der Waals surface area contributed by atoms with Crippen molar-refractivity contribution in [2.24, 2.45) is 0 Å². The molecule has 162 valence electrons. The first-order valence-electron chi connectivity index (χ1n) is 9.17. The van der Waals surface area contributed by atoms with Crippen LogP contribution < -0.4 is 14.2 Å². The molecule has 4 rings (SSSR count). The second-order valence-electron chi connectivity index (χ2n) is 6.77. The molecule has 0 radical (unpaired) electrons. The number of nitrogens with zero attached hydrogens (tertiary/aromatic N) is 3. The fraction of sp³-hybridized carbons (Fsp3) is 0.0952. The van der Waals surface area contributed by atoms with Crippen molar-refractivity contribution >= 4 is 43.7 Å². The van der Waals surface area contributed by atoms with Gasteiger partial charge in [0.25, 0.3) is 0 Å². The Balaban J connectivity index is 1.69. The van der Waals surface area contributed by atoms with Crippen LogP contribution in [-0.2, 0) is 10.5 Å². The van der Waals surface area contributed by atoms with E-state index in [1.54, 1.807) is 18.2 Å². The van der Waals surface area contributed by atoms with Gasteiger partial charge in [-0.25, -0.2) is 4.98 Å². The van der Waals surface area contributed by atoms with E-state index in [0.717, 1.165) is 15.8 Å². The third kappa shape index (κ3) is 4.77. The zero-order valence-electron chi connectivity index (χ0n) is 16.8. The van der Waals surface area contributed by atoms with Crippen molar-refractivity contribution in [2.75, 3.05) is 5.32 Å². The zero-order valence-corrected chi connectivity index (χ0v) is 18.4. The van der Waals surface area contributed by atoms with E-state index in [9.17, 15) is 12.3 Å². The van der Waals surface area contributed by atoms with E-state index in [-0.39, 0.29) is 11.7 Å². The summed E-state index contributed by atoms with van der Waals surface area (Å²) in [5, 5.41) is 14.0. The summed E-state index contributed by atoms with van der Waals surface area (Å²) in [7, 11) is -5.14. The molecule has 0 saturated heterocycles. The highest BCUT2D eigenvalue weighted by atomic mass is 32.3. The highest BCUT2D eigenvalue weighted by Gasteiger charge is 2.16. The third-order valence-corrected chi connectivity index (χ3v) is 5.63. The first kappa shape index (κ1) is 21.5. The average molecular weight is 471 g/mol. The van der Waals surface area contributed by atoms with Crippen LogP contribution in [0.4, 0.5) is 15.5 Å². The Kier molecular flexibility index (Phi) is 5.65. The summed E-state index contributed by atoms with van der Waals surface area (Å²) < 4.78 is 45.4. The molecule has 2 aromatic heterocycles. The number of rotatable bonds is 6. The molecule has 0 saturated carbocycles. The molecule has 2 aromatic carbocycles. The van der Waals surface area contributed by atoms with Crippen LogP contribution in [0.25, 0.3) is 10.2 Å². The Labute approximate surface area is 187 Å². The van der Waals surface area contributed by atoms with Gasteiger partial charge in [0.15, 0.2) is 0 Å². The number of hydrogen-bond acceptors (Lipinski definition) is 9. The van der Waals surface area contributed by atoms with Crippen LogP contribution in [0.5, 0.6) is 17.4 Å². The van der Waals surface area contributed by atoms with Crippen LogP contribution in [-0.4, -0.2) is 18.4 Å². The molecule has 0 spiro atoms. The molecule has 4 aromatic rings. The van der Waals surface area contributed by atoms with Gasteiger partial charge < -0.3 is 14.2 Å². The highest BCUT2D eigenvalue weighted by molar-refractivity contribution is 7.81. The lowest BCUT2D eigenvalue weighted by Gasteiger charge is -2.13. The van der Waals surface area contributed by atoms with Gasteiger partial charge in [-0.1, -0.05) is 9.95 Å². The first-order valence-corrected chi connectivity index (χ1v) is 11.4. The Morgan fingerprint density at radius 3 is 2.56 bits per heavy atom. The molecule has 0 bridgehead atoms. The topological polar surface area (TPSA) is 114 Å². The second kappa shape index (κ2) is 8.41. The Morgan fingerprint density at radius 1 is 1.12 bits per heavy atom. The molecule has 0 atom stereocenters. The molecule has 0 fully saturated rings. The van der Waals surface area contributed by atoms with Crippen molar-refractivity contribution in [1.82, 2.24) is 9.97 Å². The Bertz CT molecular complexity index is 1460. The van der Waals surface area contributed by atoms with Gasteiger partial charge >= 0.3 is 10.5 Å². The summed E-state index contributed by atoms with van der Waals surface area (Å²) >= 11 is 1.42. The van der Waals surface area contributed by atoms with Gasteiger partial charge in [-0.05, 0) is 60.7 Å². The van der Waals surface area contributed by atoms with Gasteiger partial charge in [0.1, 0.15) is 16.2 Å². The van der Waals surface area contributed by atoms with Crippen molar-refractivity contribution in [3.8, 4) is 23.4 Å². The van der Waals surface area contributed by atoms with Gasteiger partial charge in [0, 0.05) is 11.8 Å². The first-order chi connectivity index (χ1) is 15.2. The van der Waals surface area contributed by atoms with Gasteiger partial charge in [-0.3, -0.25) is 0 Å². The second-order valence-corrected chi connectivity index (χ2v) is 8.64. The molecule has 0 aliphatic heterocycles. The van der Waals surface area contributed by atoms with Crippen LogP contribution in [0, 0.1) is 25.2 Å². The van der Waals surface area contributed by atoms with Gasteiger partial charge in [0.05, 0.1) is 17.1 Å². The number of nitriles is 1. The molecule has 8 nitrogen and oxygen atoms in total. The lowest BCUT2D eigenvalue weighted by atomic mass is 10.1. The van der Waals surface area contributed by atoms with E-state index in [2.05, 4.69) is 25.5 Å².